The van der Waals surface area contributed by atoms with E-state index < -0.39 is 0 Å². The first-order chi connectivity index (χ1) is 7.65. The summed E-state index contributed by atoms with van der Waals surface area (Å²) < 4.78 is 24.4. The zero-order valence-corrected chi connectivity index (χ0v) is 9.70. The van der Waals surface area contributed by atoms with Gasteiger partial charge in [0.1, 0.15) is 6.61 Å². The van der Waals surface area contributed by atoms with Crippen molar-refractivity contribution in [1.29, 1.82) is 0 Å². The van der Waals surface area contributed by atoms with Gasteiger partial charge in [-0.25, -0.2) is 4.39 Å². The topological polar surface area (TPSA) is 18.5 Å². The Morgan fingerprint density at radius 2 is 2.25 bits per heavy atom. The van der Waals surface area contributed by atoms with Crippen molar-refractivity contribution in [2.75, 3.05) is 6.61 Å². The summed E-state index contributed by atoms with van der Waals surface area (Å²) in [4.78, 5) is 0. The fraction of sp³-hybridized carbons (Fsp3) is 0.538. The van der Waals surface area contributed by atoms with E-state index in [0.29, 0.717) is 18.5 Å². The highest BCUT2D eigenvalue weighted by molar-refractivity contribution is 5.29. The number of halogens is 1. The molecule has 2 rings (SSSR count). The molecule has 16 heavy (non-hydrogen) atoms. The second-order valence-corrected chi connectivity index (χ2v) is 4.39. The van der Waals surface area contributed by atoms with Crippen molar-refractivity contribution in [1.82, 2.24) is 0 Å². The van der Waals surface area contributed by atoms with Crippen LogP contribution in [-0.2, 0) is 4.74 Å². The lowest BCUT2D eigenvalue weighted by Crippen LogP contribution is -2.18. The van der Waals surface area contributed by atoms with Crippen LogP contribution in [0.1, 0.15) is 25.3 Å². The summed E-state index contributed by atoms with van der Waals surface area (Å²) in [6.07, 6.45) is 2.46. The average molecular weight is 224 g/mol. The number of rotatable bonds is 3. The highest BCUT2D eigenvalue weighted by Gasteiger charge is 2.22. The molecule has 0 radical (unpaired) electrons. The van der Waals surface area contributed by atoms with Crippen LogP contribution >= 0.6 is 0 Å². The summed E-state index contributed by atoms with van der Waals surface area (Å²) in [5.74, 6) is 0.0137. The Morgan fingerprint density at radius 3 is 2.94 bits per heavy atom. The van der Waals surface area contributed by atoms with Crippen molar-refractivity contribution in [2.45, 2.75) is 38.9 Å². The quantitative estimate of drug-likeness (QED) is 0.785. The Balaban J connectivity index is 1.91. The molecule has 2 nitrogen and oxygen atoms in total. The molecule has 1 aliphatic heterocycles. The molecule has 1 aliphatic rings. The molecular weight excluding hydrogens is 207 g/mol. The van der Waals surface area contributed by atoms with Gasteiger partial charge in [0.25, 0.3) is 0 Å². The van der Waals surface area contributed by atoms with E-state index in [1.165, 1.54) is 6.07 Å². The number of hydrogen-bond donors (Lipinski definition) is 0. The number of aryl methyl sites for hydroxylation is 1. The summed E-state index contributed by atoms with van der Waals surface area (Å²) in [6, 6.07) is 4.88. The normalized spacial score (nSPS) is 24.7. The van der Waals surface area contributed by atoms with Crippen molar-refractivity contribution in [3.05, 3.63) is 29.6 Å². The highest BCUT2D eigenvalue weighted by Crippen LogP contribution is 2.22. The Hall–Kier alpha value is -1.09. The highest BCUT2D eigenvalue weighted by atomic mass is 19.1. The van der Waals surface area contributed by atoms with Gasteiger partial charge < -0.3 is 9.47 Å². The van der Waals surface area contributed by atoms with Gasteiger partial charge in [-0.15, -0.1) is 0 Å². The van der Waals surface area contributed by atoms with Gasteiger partial charge in [0.05, 0.1) is 12.2 Å². The van der Waals surface area contributed by atoms with E-state index in [2.05, 4.69) is 0 Å². The Bertz CT molecular complexity index is 365. The Kier molecular flexibility index (Phi) is 3.44. The summed E-state index contributed by atoms with van der Waals surface area (Å²) in [5, 5.41) is 0. The van der Waals surface area contributed by atoms with Crippen LogP contribution in [0.15, 0.2) is 18.2 Å². The maximum absolute atomic E-state index is 13.4. The lowest BCUT2D eigenvalue weighted by Gasteiger charge is -2.13. The van der Waals surface area contributed by atoms with E-state index in [1.807, 2.05) is 13.8 Å². The number of hydrogen-bond acceptors (Lipinski definition) is 2. The lowest BCUT2D eigenvalue weighted by atomic mass is 10.2. The number of benzene rings is 1. The second-order valence-electron chi connectivity index (χ2n) is 4.39. The molecule has 1 heterocycles. The largest absolute Gasteiger partial charge is 0.488 e. The Morgan fingerprint density at radius 1 is 1.44 bits per heavy atom. The fourth-order valence-corrected chi connectivity index (χ4v) is 1.91. The maximum atomic E-state index is 13.4. The van der Waals surface area contributed by atoms with Gasteiger partial charge in [-0.1, -0.05) is 6.07 Å². The molecule has 1 aromatic carbocycles. The molecule has 2 atom stereocenters. The van der Waals surface area contributed by atoms with Crippen LogP contribution in [0, 0.1) is 12.7 Å². The van der Waals surface area contributed by atoms with E-state index >= 15 is 0 Å². The van der Waals surface area contributed by atoms with E-state index in [9.17, 15) is 4.39 Å². The molecule has 1 fully saturated rings. The minimum Gasteiger partial charge on any atom is -0.488 e. The minimum absolute atomic E-state index is 0.106. The van der Waals surface area contributed by atoms with Crippen LogP contribution in [0.25, 0.3) is 0 Å². The van der Waals surface area contributed by atoms with Crippen LogP contribution < -0.4 is 4.74 Å². The molecule has 1 saturated heterocycles. The van der Waals surface area contributed by atoms with Gasteiger partial charge in [-0.05, 0) is 44.4 Å². The summed E-state index contributed by atoms with van der Waals surface area (Å²) in [7, 11) is 0. The van der Waals surface area contributed by atoms with Crippen LogP contribution in [0.5, 0.6) is 5.75 Å². The van der Waals surface area contributed by atoms with Gasteiger partial charge in [0, 0.05) is 0 Å². The zero-order valence-electron chi connectivity index (χ0n) is 9.70. The zero-order chi connectivity index (χ0) is 11.5. The second kappa shape index (κ2) is 4.83. The van der Waals surface area contributed by atoms with Gasteiger partial charge in [0.15, 0.2) is 11.6 Å². The van der Waals surface area contributed by atoms with E-state index in [0.717, 1.165) is 18.4 Å². The number of ether oxygens (including phenoxy) is 2. The van der Waals surface area contributed by atoms with E-state index in [1.54, 1.807) is 12.1 Å². The molecular formula is C13H17FO2. The SMILES string of the molecule is Cc1ccc(F)c(OCC2CCC(C)O2)c1. The molecule has 88 valence electrons. The third-order valence-electron chi connectivity index (χ3n) is 2.83. The first-order valence-corrected chi connectivity index (χ1v) is 5.69. The fourth-order valence-electron chi connectivity index (χ4n) is 1.91. The first kappa shape index (κ1) is 11.4. The third kappa shape index (κ3) is 2.73. The third-order valence-corrected chi connectivity index (χ3v) is 2.83. The summed E-state index contributed by atoms with van der Waals surface area (Å²) in [6.45, 7) is 4.40. The summed E-state index contributed by atoms with van der Waals surface area (Å²) >= 11 is 0. The van der Waals surface area contributed by atoms with E-state index in [4.69, 9.17) is 9.47 Å². The standard InChI is InChI=1S/C13H17FO2/c1-9-3-6-12(14)13(7-9)15-8-11-5-4-10(2)16-11/h3,6-7,10-11H,4-5,8H2,1-2H3. The molecule has 0 spiro atoms. The van der Waals surface area contributed by atoms with Crippen LogP contribution in [-0.4, -0.2) is 18.8 Å². The molecule has 2 unspecified atom stereocenters. The predicted molar refractivity (Wildman–Crippen MR) is 60.2 cm³/mol. The van der Waals surface area contributed by atoms with Gasteiger partial charge in [-0.3, -0.25) is 0 Å². The Labute approximate surface area is 95.4 Å². The van der Waals surface area contributed by atoms with Crippen molar-refractivity contribution < 1.29 is 13.9 Å². The minimum atomic E-state index is -0.309. The van der Waals surface area contributed by atoms with E-state index in [-0.39, 0.29) is 11.9 Å². The molecule has 0 saturated carbocycles. The maximum Gasteiger partial charge on any atom is 0.165 e. The van der Waals surface area contributed by atoms with Gasteiger partial charge in [-0.2, -0.15) is 0 Å². The van der Waals surface area contributed by atoms with Crippen LogP contribution in [0.2, 0.25) is 0 Å². The molecule has 0 aliphatic carbocycles. The smallest absolute Gasteiger partial charge is 0.165 e. The molecule has 3 heteroatoms. The van der Waals surface area contributed by atoms with Crippen molar-refractivity contribution in [3.63, 3.8) is 0 Å². The van der Waals surface area contributed by atoms with Gasteiger partial charge in [0.2, 0.25) is 0 Å². The lowest BCUT2D eigenvalue weighted by molar-refractivity contribution is 0.0256. The van der Waals surface area contributed by atoms with Crippen molar-refractivity contribution in [2.24, 2.45) is 0 Å². The average Bonchev–Trinajstić information content (AvgIpc) is 2.66. The predicted octanol–water partition coefficient (Wildman–Crippen LogP) is 3.08. The molecule has 0 bridgehead atoms. The van der Waals surface area contributed by atoms with Gasteiger partial charge >= 0.3 is 0 Å². The van der Waals surface area contributed by atoms with Crippen LogP contribution in [0.4, 0.5) is 4.39 Å². The van der Waals surface area contributed by atoms with Crippen molar-refractivity contribution in [3.8, 4) is 5.75 Å². The summed E-state index contributed by atoms with van der Waals surface area (Å²) in [5.41, 5.74) is 0.997. The molecule has 0 N–H and O–H groups in total. The van der Waals surface area contributed by atoms with Crippen LogP contribution in [0.3, 0.4) is 0 Å². The first-order valence-electron chi connectivity index (χ1n) is 5.69. The monoisotopic (exact) mass is 224 g/mol. The molecule has 1 aromatic rings. The van der Waals surface area contributed by atoms with Crippen molar-refractivity contribution >= 4 is 0 Å². The molecule has 0 aromatic heterocycles. The molecule has 0 amide bonds.